The van der Waals surface area contributed by atoms with Gasteiger partial charge in [0.2, 0.25) is 5.91 Å². The van der Waals surface area contributed by atoms with Gasteiger partial charge in [0.1, 0.15) is 0 Å². The van der Waals surface area contributed by atoms with Crippen molar-refractivity contribution in [1.82, 2.24) is 10.6 Å². The molecule has 2 aromatic carbocycles. The van der Waals surface area contributed by atoms with E-state index in [0.29, 0.717) is 24.3 Å². The lowest BCUT2D eigenvalue weighted by molar-refractivity contribution is -0.115. The van der Waals surface area contributed by atoms with Crippen LogP contribution in [0.1, 0.15) is 35.7 Å². The summed E-state index contributed by atoms with van der Waals surface area (Å²) in [5.74, 6) is -0.202. The Morgan fingerprint density at radius 2 is 1.68 bits per heavy atom. The summed E-state index contributed by atoms with van der Waals surface area (Å²) in [6, 6.07) is 16.8. The Hall–Kier alpha value is -2.66. The normalized spacial score (nSPS) is 10.3. The van der Waals surface area contributed by atoms with Gasteiger partial charge in [-0.25, -0.2) is 0 Å². The molecule has 2 rings (SSSR count). The summed E-state index contributed by atoms with van der Waals surface area (Å²) < 4.78 is 0. The summed E-state index contributed by atoms with van der Waals surface area (Å²) in [6.07, 6.45) is 2.01. The van der Waals surface area contributed by atoms with Crippen LogP contribution in [-0.4, -0.2) is 24.9 Å². The SMILES string of the molecule is CCCCNC(=O)c1ccc(NC(=O)CNCc2ccccc2)cc1. The molecular weight excluding hydrogens is 314 g/mol. The number of anilines is 1. The minimum absolute atomic E-state index is 0.0872. The minimum Gasteiger partial charge on any atom is -0.352 e. The number of hydrogen-bond donors (Lipinski definition) is 3. The number of benzene rings is 2. The maximum absolute atomic E-state index is 11.9. The van der Waals surface area contributed by atoms with E-state index in [1.807, 2.05) is 30.3 Å². The highest BCUT2D eigenvalue weighted by Crippen LogP contribution is 2.09. The highest BCUT2D eigenvalue weighted by molar-refractivity contribution is 5.96. The number of rotatable bonds is 9. The number of carbonyl (C=O) groups excluding carboxylic acids is 2. The molecule has 2 aromatic rings. The maximum atomic E-state index is 11.9. The molecule has 0 saturated heterocycles. The van der Waals surface area contributed by atoms with Crippen LogP contribution in [0.25, 0.3) is 0 Å². The Labute approximate surface area is 148 Å². The van der Waals surface area contributed by atoms with Gasteiger partial charge < -0.3 is 16.0 Å². The third-order valence-corrected chi connectivity index (χ3v) is 3.70. The quantitative estimate of drug-likeness (QED) is 0.615. The van der Waals surface area contributed by atoms with Crippen molar-refractivity contribution in [3.05, 3.63) is 65.7 Å². The molecule has 0 spiro atoms. The van der Waals surface area contributed by atoms with Crippen LogP contribution in [0, 0.1) is 0 Å². The number of amides is 2. The van der Waals surface area contributed by atoms with E-state index >= 15 is 0 Å². The Morgan fingerprint density at radius 1 is 0.960 bits per heavy atom. The molecule has 2 amide bonds. The molecule has 0 aliphatic carbocycles. The van der Waals surface area contributed by atoms with Gasteiger partial charge in [-0.1, -0.05) is 43.7 Å². The first kappa shape index (κ1) is 18.7. The number of unbranched alkanes of at least 4 members (excludes halogenated alkanes) is 1. The molecule has 3 N–H and O–H groups in total. The predicted octanol–water partition coefficient (Wildman–Crippen LogP) is 2.94. The molecule has 0 atom stereocenters. The molecule has 5 heteroatoms. The molecule has 0 unspecified atom stereocenters. The molecule has 0 fully saturated rings. The summed E-state index contributed by atoms with van der Waals surface area (Å²) in [4.78, 5) is 23.9. The van der Waals surface area contributed by atoms with Crippen LogP contribution >= 0.6 is 0 Å². The van der Waals surface area contributed by atoms with Gasteiger partial charge in [0.25, 0.3) is 5.91 Å². The van der Waals surface area contributed by atoms with E-state index in [-0.39, 0.29) is 18.4 Å². The molecule has 0 bridgehead atoms. The Morgan fingerprint density at radius 3 is 2.36 bits per heavy atom. The lowest BCUT2D eigenvalue weighted by Gasteiger charge is -2.08. The van der Waals surface area contributed by atoms with Crippen molar-refractivity contribution in [1.29, 1.82) is 0 Å². The summed E-state index contributed by atoms with van der Waals surface area (Å²) >= 11 is 0. The van der Waals surface area contributed by atoms with E-state index in [9.17, 15) is 9.59 Å². The molecule has 0 radical (unpaired) electrons. The molecule has 25 heavy (non-hydrogen) atoms. The van der Waals surface area contributed by atoms with Gasteiger partial charge >= 0.3 is 0 Å². The van der Waals surface area contributed by atoms with Crippen molar-refractivity contribution in [3.63, 3.8) is 0 Å². The fraction of sp³-hybridized carbons (Fsp3) is 0.300. The molecule has 5 nitrogen and oxygen atoms in total. The van der Waals surface area contributed by atoms with Gasteiger partial charge in [0.15, 0.2) is 0 Å². The average Bonchev–Trinajstić information content (AvgIpc) is 2.63. The lowest BCUT2D eigenvalue weighted by Crippen LogP contribution is -2.27. The number of hydrogen-bond acceptors (Lipinski definition) is 3. The summed E-state index contributed by atoms with van der Waals surface area (Å²) in [6.45, 7) is 3.64. The van der Waals surface area contributed by atoms with Crippen LogP contribution in [0.15, 0.2) is 54.6 Å². The van der Waals surface area contributed by atoms with Gasteiger partial charge in [0.05, 0.1) is 6.54 Å². The molecule has 0 aromatic heterocycles. The molecule has 0 saturated carbocycles. The second-order valence-corrected chi connectivity index (χ2v) is 5.82. The van der Waals surface area contributed by atoms with E-state index in [1.54, 1.807) is 24.3 Å². The molecule has 0 aliphatic rings. The van der Waals surface area contributed by atoms with Crippen molar-refractivity contribution in [2.45, 2.75) is 26.3 Å². The summed E-state index contributed by atoms with van der Waals surface area (Å²) in [5.41, 5.74) is 2.40. The van der Waals surface area contributed by atoms with E-state index in [1.165, 1.54) is 0 Å². The smallest absolute Gasteiger partial charge is 0.251 e. The number of carbonyl (C=O) groups is 2. The first-order chi connectivity index (χ1) is 12.2. The largest absolute Gasteiger partial charge is 0.352 e. The zero-order valence-corrected chi connectivity index (χ0v) is 14.5. The van der Waals surface area contributed by atoms with Crippen LogP contribution in [0.5, 0.6) is 0 Å². The molecule has 132 valence electrons. The van der Waals surface area contributed by atoms with Gasteiger partial charge in [-0.05, 0) is 36.2 Å². The average molecular weight is 339 g/mol. The molecular formula is C20H25N3O2. The summed E-state index contributed by atoms with van der Waals surface area (Å²) in [5, 5.41) is 8.78. The Bertz CT molecular complexity index is 669. The Kier molecular flexibility index (Phi) is 7.66. The topological polar surface area (TPSA) is 70.2 Å². The van der Waals surface area contributed by atoms with Crippen LogP contribution < -0.4 is 16.0 Å². The van der Waals surface area contributed by atoms with Crippen LogP contribution in [-0.2, 0) is 11.3 Å². The van der Waals surface area contributed by atoms with Crippen molar-refractivity contribution < 1.29 is 9.59 Å². The highest BCUT2D eigenvalue weighted by atomic mass is 16.2. The van der Waals surface area contributed by atoms with Crippen LogP contribution in [0.2, 0.25) is 0 Å². The third kappa shape index (κ3) is 6.77. The van der Waals surface area contributed by atoms with Crippen molar-refractivity contribution in [2.24, 2.45) is 0 Å². The molecule has 0 heterocycles. The lowest BCUT2D eigenvalue weighted by atomic mass is 10.2. The van der Waals surface area contributed by atoms with E-state index in [0.717, 1.165) is 18.4 Å². The second-order valence-electron chi connectivity index (χ2n) is 5.82. The maximum Gasteiger partial charge on any atom is 0.251 e. The standard InChI is InChI=1S/C20H25N3O2/c1-2-3-13-22-20(25)17-9-11-18(12-10-17)23-19(24)15-21-14-16-7-5-4-6-8-16/h4-12,21H,2-3,13-15H2,1H3,(H,22,25)(H,23,24). The van der Waals surface area contributed by atoms with E-state index < -0.39 is 0 Å². The number of nitrogens with one attached hydrogen (secondary N) is 3. The highest BCUT2D eigenvalue weighted by Gasteiger charge is 2.06. The van der Waals surface area contributed by atoms with Gasteiger partial charge in [-0.15, -0.1) is 0 Å². The minimum atomic E-state index is -0.115. The van der Waals surface area contributed by atoms with Crippen LogP contribution in [0.4, 0.5) is 5.69 Å². The van der Waals surface area contributed by atoms with Crippen molar-refractivity contribution >= 4 is 17.5 Å². The van der Waals surface area contributed by atoms with Gasteiger partial charge in [0, 0.05) is 24.3 Å². The first-order valence-electron chi connectivity index (χ1n) is 8.62. The molecule has 0 aliphatic heterocycles. The van der Waals surface area contributed by atoms with E-state index in [4.69, 9.17) is 0 Å². The monoisotopic (exact) mass is 339 g/mol. The zero-order valence-electron chi connectivity index (χ0n) is 14.5. The van der Waals surface area contributed by atoms with Crippen molar-refractivity contribution in [2.75, 3.05) is 18.4 Å². The van der Waals surface area contributed by atoms with Crippen molar-refractivity contribution in [3.8, 4) is 0 Å². The predicted molar refractivity (Wildman–Crippen MR) is 100 cm³/mol. The fourth-order valence-corrected chi connectivity index (χ4v) is 2.31. The third-order valence-electron chi connectivity index (χ3n) is 3.70. The summed E-state index contributed by atoms with van der Waals surface area (Å²) in [7, 11) is 0. The van der Waals surface area contributed by atoms with Crippen LogP contribution in [0.3, 0.4) is 0 Å². The fourth-order valence-electron chi connectivity index (χ4n) is 2.31. The van der Waals surface area contributed by atoms with Gasteiger partial charge in [-0.3, -0.25) is 9.59 Å². The first-order valence-corrected chi connectivity index (χ1v) is 8.62. The van der Waals surface area contributed by atoms with Gasteiger partial charge in [-0.2, -0.15) is 0 Å². The zero-order chi connectivity index (χ0) is 17.9. The Balaban J connectivity index is 1.74. The second kappa shape index (κ2) is 10.3. The van der Waals surface area contributed by atoms with E-state index in [2.05, 4.69) is 22.9 Å².